The summed E-state index contributed by atoms with van der Waals surface area (Å²) in [5.74, 6) is -0.180. The lowest BCUT2D eigenvalue weighted by molar-refractivity contribution is -0.118. The maximum Gasteiger partial charge on any atom is 0.342 e. The standard InChI is InChI=1S/C20H20N4O4/c25-12-11-24(17-5-1-3-15-4-2-10-21-19(15)17)18(26)13-14-6-8-16(9-7-14)22-20(27)23-28/h1-10,25,28H,11-13H2,(H2,22,23,27). The first-order chi connectivity index (χ1) is 13.6. The van der Waals surface area contributed by atoms with Crippen LogP contribution >= 0.6 is 0 Å². The van der Waals surface area contributed by atoms with Crippen molar-refractivity contribution in [3.63, 3.8) is 0 Å². The Bertz CT molecular complexity index is 970. The van der Waals surface area contributed by atoms with Crippen molar-refractivity contribution in [2.24, 2.45) is 0 Å². The van der Waals surface area contributed by atoms with E-state index >= 15 is 0 Å². The van der Waals surface area contributed by atoms with Gasteiger partial charge in [-0.2, -0.15) is 0 Å². The van der Waals surface area contributed by atoms with E-state index in [1.807, 2.05) is 30.3 Å². The molecule has 0 saturated heterocycles. The largest absolute Gasteiger partial charge is 0.395 e. The minimum Gasteiger partial charge on any atom is -0.395 e. The van der Waals surface area contributed by atoms with Crippen molar-refractivity contribution in [1.29, 1.82) is 0 Å². The molecule has 2 aromatic carbocycles. The van der Waals surface area contributed by atoms with Crippen LogP contribution < -0.4 is 15.7 Å². The van der Waals surface area contributed by atoms with Gasteiger partial charge in [-0.05, 0) is 29.8 Å². The molecule has 0 aliphatic heterocycles. The Morgan fingerprint density at radius 3 is 2.50 bits per heavy atom. The lowest BCUT2D eigenvalue weighted by Gasteiger charge is -2.23. The van der Waals surface area contributed by atoms with Crippen LogP contribution in [0.2, 0.25) is 0 Å². The molecule has 8 nitrogen and oxygen atoms in total. The maximum atomic E-state index is 12.9. The number of hydroxylamine groups is 1. The van der Waals surface area contributed by atoms with Gasteiger partial charge in [-0.3, -0.25) is 15.0 Å². The number of aliphatic hydroxyl groups excluding tert-OH is 1. The third-order valence-electron chi connectivity index (χ3n) is 4.20. The molecule has 0 unspecified atom stereocenters. The van der Waals surface area contributed by atoms with E-state index in [2.05, 4.69) is 10.3 Å². The highest BCUT2D eigenvalue weighted by Crippen LogP contribution is 2.25. The predicted octanol–water partition coefficient (Wildman–Crippen LogP) is 2.31. The fourth-order valence-corrected chi connectivity index (χ4v) is 2.92. The van der Waals surface area contributed by atoms with E-state index in [-0.39, 0.29) is 25.5 Å². The summed E-state index contributed by atoms with van der Waals surface area (Å²) >= 11 is 0. The zero-order valence-corrected chi connectivity index (χ0v) is 15.0. The van der Waals surface area contributed by atoms with Crippen LogP contribution in [-0.2, 0) is 11.2 Å². The lowest BCUT2D eigenvalue weighted by Crippen LogP contribution is -2.35. The Kier molecular flexibility index (Phi) is 6.15. The van der Waals surface area contributed by atoms with Crippen LogP contribution in [0.5, 0.6) is 0 Å². The van der Waals surface area contributed by atoms with Crippen LogP contribution in [0.1, 0.15) is 5.56 Å². The molecule has 28 heavy (non-hydrogen) atoms. The topological polar surface area (TPSA) is 115 Å². The fourth-order valence-electron chi connectivity index (χ4n) is 2.92. The van der Waals surface area contributed by atoms with Crippen LogP contribution in [0.3, 0.4) is 0 Å². The second-order valence-corrected chi connectivity index (χ2v) is 6.06. The minimum atomic E-state index is -0.749. The normalized spacial score (nSPS) is 10.5. The van der Waals surface area contributed by atoms with Gasteiger partial charge in [0.05, 0.1) is 24.2 Å². The monoisotopic (exact) mass is 380 g/mol. The summed E-state index contributed by atoms with van der Waals surface area (Å²) in [5, 5.41) is 21.3. The number of aromatic nitrogens is 1. The van der Waals surface area contributed by atoms with Crippen molar-refractivity contribution in [1.82, 2.24) is 10.5 Å². The van der Waals surface area contributed by atoms with E-state index in [9.17, 15) is 14.7 Å². The Morgan fingerprint density at radius 2 is 1.79 bits per heavy atom. The number of hydrogen-bond donors (Lipinski definition) is 4. The van der Waals surface area contributed by atoms with E-state index < -0.39 is 6.03 Å². The van der Waals surface area contributed by atoms with Crippen LogP contribution in [0, 0.1) is 0 Å². The van der Waals surface area contributed by atoms with Crippen molar-refractivity contribution in [3.8, 4) is 0 Å². The Labute approximate surface area is 161 Å². The van der Waals surface area contributed by atoms with Gasteiger partial charge in [0, 0.05) is 23.8 Å². The van der Waals surface area contributed by atoms with Gasteiger partial charge in [0.2, 0.25) is 5.91 Å². The molecule has 3 aromatic rings. The number of fused-ring (bicyclic) bond motifs is 1. The van der Waals surface area contributed by atoms with Gasteiger partial charge < -0.3 is 15.3 Å². The Hall–Kier alpha value is -3.49. The molecule has 4 N–H and O–H groups in total. The first-order valence-corrected chi connectivity index (χ1v) is 8.67. The summed E-state index contributed by atoms with van der Waals surface area (Å²) < 4.78 is 0. The van der Waals surface area contributed by atoms with Crippen molar-refractivity contribution in [3.05, 3.63) is 66.4 Å². The highest BCUT2D eigenvalue weighted by Gasteiger charge is 2.18. The number of carbonyl (C=O) groups is 2. The van der Waals surface area contributed by atoms with Gasteiger partial charge in [0.15, 0.2) is 0 Å². The average molecular weight is 380 g/mol. The number of aliphatic hydroxyl groups is 1. The first-order valence-electron chi connectivity index (χ1n) is 8.67. The molecule has 144 valence electrons. The molecule has 3 amide bonds. The molecule has 0 aliphatic carbocycles. The molecule has 0 saturated carbocycles. The molecule has 0 atom stereocenters. The van der Waals surface area contributed by atoms with Crippen LogP contribution in [-0.4, -0.2) is 40.4 Å². The number of anilines is 2. The molecule has 1 heterocycles. The number of para-hydroxylation sites is 1. The Balaban J connectivity index is 1.81. The molecule has 3 rings (SSSR count). The van der Waals surface area contributed by atoms with E-state index in [0.29, 0.717) is 16.9 Å². The highest BCUT2D eigenvalue weighted by atomic mass is 16.5. The zero-order valence-electron chi connectivity index (χ0n) is 15.0. The van der Waals surface area contributed by atoms with E-state index in [1.165, 1.54) is 10.4 Å². The van der Waals surface area contributed by atoms with E-state index in [0.717, 1.165) is 10.9 Å². The third-order valence-corrected chi connectivity index (χ3v) is 4.20. The summed E-state index contributed by atoms with van der Waals surface area (Å²) in [4.78, 5) is 29.9. The first kappa shape index (κ1) is 19.3. The highest BCUT2D eigenvalue weighted by molar-refractivity contribution is 6.02. The second-order valence-electron chi connectivity index (χ2n) is 6.06. The average Bonchev–Trinajstić information content (AvgIpc) is 2.73. The van der Waals surface area contributed by atoms with Crippen molar-refractivity contribution >= 4 is 34.2 Å². The smallest absolute Gasteiger partial charge is 0.342 e. The minimum absolute atomic E-state index is 0.121. The number of urea groups is 1. The van der Waals surface area contributed by atoms with Gasteiger partial charge in [-0.15, -0.1) is 0 Å². The summed E-state index contributed by atoms with van der Waals surface area (Å²) in [5.41, 5.74) is 4.05. The summed E-state index contributed by atoms with van der Waals surface area (Å²) in [6, 6.07) is 15.3. The molecule has 0 spiro atoms. The summed E-state index contributed by atoms with van der Waals surface area (Å²) in [6.45, 7) is -0.0150. The maximum absolute atomic E-state index is 12.9. The molecule has 8 heteroatoms. The van der Waals surface area contributed by atoms with E-state index in [1.54, 1.807) is 30.5 Å². The molecule has 1 aromatic heterocycles. The number of amides is 3. The molecule has 0 radical (unpaired) electrons. The van der Waals surface area contributed by atoms with Crippen molar-refractivity contribution in [2.75, 3.05) is 23.4 Å². The van der Waals surface area contributed by atoms with Crippen LogP contribution in [0.25, 0.3) is 10.9 Å². The third kappa shape index (κ3) is 4.43. The molecular weight excluding hydrogens is 360 g/mol. The SMILES string of the molecule is O=C(NO)Nc1ccc(CC(=O)N(CCO)c2cccc3cccnc23)cc1. The zero-order chi connectivity index (χ0) is 19.9. The van der Waals surface area contributed by atoms with Crippen LogP contribution in [0.15, 0.2) is 60.8 Å². The van der Waals surface area contributed by atoms with Crippen LogP contribution in [0.4, 0.5) is 16.2 Å². The molecule has 0 bridgehead atoms. The summed E-state index contributed by atoms with van der Waals surface area (Å²) in [7, 11) is 0. The quantitative estimate of drug-likeness (QED) is 0.387. The molecule has 0 fully saturated rings. The van der Waals surface area contributed by atoms with Gasteiger partial charge in [0.1, 0.15) is 0 Å². The fraction of sp³-hybridized carbons (Fsp3) is 0.150. The lowest BCUT2D eigenvalue weighted by atomic mass is 10.1. The second kappa shape index (κ2) is 8.94. The summed E-state index contributed by atoms with van der Waals surface area (Å²) in [6.07, 6.45) is 1.79. The number of hydrogen-bond acceptors (Lipinski definition) is 5. The van der Waals surface area contributed by atoms with Crippen molar-refractivity contribution in [2.45, 2.75) is 6.42 Å². The number of pyridine rings is 1. The number of carbonyl (C=O) groups excluding carboxylic acids is 2. The van der Waals surface area contributed by atoms with Crippen molar-refractivity contribution < 1.29 is 19.9 Å². The van der Waals surface area contributed by atoms with Gasteiger partial charge in [-0.1, -0.05) is 30.3 Å². The molecular formula is C20H20N4O4. The predicted molar refractivity (Wildman–Crippen MR) is 105 cm³/mol. The van der Waals surface area contributed by atoms with Gasteiger partial charge in [0.25, 0.3) is 0 Å². The van der Waals surface area contributed by atoms with Gasteiger partial charge >= 0.3 is 6.03 Å². The number of rotatable bonds is 6. The number of benzene rings is 2. The van der Waals surface area contributed by atoms with Gasteiger partial charge in [-0.25, -0.2) is 10.3 Å². The Morgan fingerprint density at radius 1 is 1.04 bits per heavy atom. The number of nitrogens with zero attached hydrogens (tertiary/aromatic N) is 2. The number of nitrogens with one attached hydrogen (secondary N) is 2. The molecule has 0 aliphatic rings. The van der Waals surface area contributed by atoms with E-state index in [4.69, 9.17) is 5.21 Å².